The van der Waals surface area contributed by atoms with Gasteiger partial charge in [0.1, 0.15) is 11.5 Å². The third-order valence-electron chi connectivity index (χ3n) is 2.44. The molecule has 0 aliphatic rings. The van der Waals surface area contributed by atoms with E-state index < -0.39 is 33.2 Å². The molecular weight excluding hydrogens is 395 g/mol. The van der Waals surface area contributed by atoms with Crippen molar-refractivity contribution in [3.8, 4) is 0 Å². The van der Waals surface area contributed by atoms with E-state index in [0.29, 0.717) is 16.6 Å². The van der Waals surface area contributed by atoms with E-state index in [2.05, 4.69) is 15.9 Å². The van der Waals surface area contributed by atoms with Gasteiger partial charge in [-0.2, -0.15) is 0 Å². The number of sulfonamides is 1. The molecule has 0 saturated heterocycles. The van der Waals surface area contributed by atoms with Gasteiger partial charge in [-0.05, 0) is 34.1 Å². The van der Waals surface area contributed by atoms with Crippen LogP contribution in [0.15, 0.2) is 39.7 Å². The maximum absolute atomic E-state index is 13.5. The quantitative estimate of drug-likeness (QED) is 0.834. The first-order valence-electron chi connectivity index (χ1n) is 5.33. The van der Waals surface area contributed by atoms with Crippen molar-refractivity contribution in [2.75, 3.05) is 4.72 Å². The fourth-order valence-electron chi connectivity index (χ4n) is 1.48. The highest BCUT2D eigenvalue weighted by Crippen LogP contribution is 2.28. The Balaban J connectivity index is 2.44. The molecule has 0 aromatic heterocycles. The van der Waals surface area contributed by atoms with Crippen molar-refractivity contribution in [3.63, 3.8) is 0 Å². The number of hydrogen-bond donors (Lipinski definition) is 1. The van der Waals surface area contributed by atoms with Crippen molar-refractivity contribution in [2.24, 2.45) is 0 Å². The molecule has 1 N–H and O–H groups in total. The van der Waals surface area contributed by atoms with Crippen LogP contribution in [0.25, 0.3) is 0 Å². The molecule has 0 spiro atoms. The Labute approximate surface area is 131 Å². The highest BCUT2D eigenvalue weighted by molar-refractivity contribution is 9.10. The van der Waals surface area contributed by atoms with Crippen LogP contribution >= 0.6 is 27.5 Å². The van der Waals surface area contributed by atoms with Crippen molar-refractivity contribution in [3.05, 3.63) is 57.3 Å². The Hall–Kier alpha value is -1.25. The summed E-state index contributed by atoms with van der Waals surface area (Å²) < 4.78 is 65.8. The van der Waals surface area contributed by atoms with Gasteiger partial charge in [0.2, 0.25) is 0 Å². The maximum Gasteiger partial charge on any atom is 0.262 e. The molecule has 3 nitrogen and oxygen atoms in total. The van der Waals surface area contributed by atoms with Gasteiger partial charge < -0.3 is 0 Å². The van der Waals surface area contributed by atoms with Gasteiger partial charge in [-0.3, -0.25) is 4.72 Å². The zero-order chi connectivity index (χ0) is 15.8. The number of hydrogen-bond acceptors (Lipinski definition) is 2. The lowest BCUT2D eigenvalue weighted by Gasteiger charge is -2.10. The Morgan fingerprint density at radius 3 is 2.14 bits per heavy atom. The zero-order valence-electron chi connectivity index (χ0n) is 10.0. The van der Waals surface area contributed by atoms with E-state index in [0.717, 1.165) is 6.07 Å². The largest absolute Gasteiger partial charge is 0.274 e. The summed E-state index contributed by atoms with van der Waals surface area (Å²) >= 11 is 8.78. The van der Waals surface area contributed by atoms with Crippen LogP contribution in [0.5, 0.6) is 0 Å². The fourth-order valence-corrected chi connectivity index (χ4v) is 3.23. The molecule has 0 unspecified atom stereocenters. The minimum Gasteiger partial charge on any atom is -0.274 e. The van der Waals surface area contributed by atoms with Crippen molar-refractivity contribution >= 4 is 43.2 Å². The average Bonchev–Trinajstić information content (AvgIpc) is 2.37. The van der Waals surface area contributed by atoms with E-state index in [-0.39, 0.29) is 9.92 Å². The molecule has 2 rings (SSSR count). The first-order valence-corrected chi connectivity index (χ1v) is 7.98. The van der Waals surface area contributed by atoms with E-state index >= 15 is 0 Å². The van der Waals surface area contributed by atoms with Gasteiger partial charge in [-0.25, -0.2) is 21.6 Å². The van der Waals surface area contributed by atoms with Crippen molar-refractivity contribution in [1.82, 2.24) is 0 Å². The lowest BCUT2D eigenvalue weighted by atomic mass is 10.3. The molecule has 9 heteroatoms. The van der Waals surface area contributed by atoms with Crippen molar-refractivity contribution in [1.29, 1.82) is 0 Å². The SMILES string of the molecule is O=S(=O)(Nc1c(F)cc(F)cc1F)c1ccc(Cl)c(Br)c1. The maximum atomic E-state index is 13.5. The van der Waals surface area contributed by atoms with E-state index in [1.165, 1.54) is 12.1 Å². The lowest BCUT2D eigenvalue weighted by Crippen LogP contribution is -2.15. The van der Waals surface area contributed by atoms with Gasteiger partial charge in [0, 0.05) is 16.6 Å². The molecule has 0 bridgehead atoms. The van der Waals surface area contributed by atoms with Gasteiger partial charge >= 0.3 is 0 Å². The van der Waals surface area contributed by atoms with E-state index in [1.807, 2.05) is 0 Å². The Morgan fingerprint density at radius 1 is 1.05 bits per heavy atom. The molecular formula is C12H6BrClF3NO2S. The number of anilines is 1. The molecule has 0 aliphatic carbocycles. The molecule has 0 radical (unpaired) electrons. The second kappa shape index (κ2) is 5.86. The summed E-state index contributed by atoms with van der Waals surface area (Å²) in [5, 5.41) is 0.271. The molecule has 0 fully saturated rings. The normalized spacial score (nSPS) is 11.5. The third-order valence-corrected chi connectivity index (χ3v) is 5.01. The first-order chi connectivity index (χ1) is 9.70. The molecule has 0 atom stereocenters. The van der Waals surface area contributed by atoms with Crippen LogP contribution in [-0.2, 0) is 10.0 Å². The highest BCUT2D eigenvalue weighted by atomic mass is 79.9. The van der Waals surface area contributed by atoms with Crippen LogP contribution in [0.2, 0.25) is 5.02 Å². The summed E-state index contributed by atoms with van der Waals surface area (Å²) in [5.41, 5.74) is -0.956. The van der Waals surface area contributed by atoms with Gasteiger partial charge in [-0.1, -0.05) is 11.6 Å². The number of halogens is 5. The smallest absolute Gasteiger partial charge is 0.262 e. The minimum atomic E-state index is -4.25. The molecule has 112 valence electrons. The Kier molecular flexibility index (Phi) is 4.50. The van der Waals surface area contributed by atoms with Crippen LogP contribution in [-0.4, -0.2) is 8.42 Å². The first kappa shape index (κ1) is 16.1. The van der Waals surface area contributed by atoms with Crippen LogP contribution in [0.1, 0.15) is 0 Å². The van der Waals surface area contributed by atoms with Gasteiger partial charge in [0.05, 0.1) is 9.92 Å². The highest BCUT2D eigenvalue weighted by Gasteiger charge is 2.20. The van der Waals surface area contributed by atoms with Crippen LogP contribution < -0.4 is 4.72 Å². The Morgan fingerprint density at radius 2 is 1.62 bits per heavy atom. The van der Waals surface area contributed by atoms with Crippen molar-refractivity contribution in [2.45, 2.75) is 4.90 Å². The number of benzene rings is 2. The number of rotatable bonds is 3. The molecule has 2 aromatic rings. The molecule has 0 heterocycles. The summed E-state index contributed by atoms with van der Waals surface area (Å²) in [4.78, 5) is -0.262. The molecule has 0 saturated carbocycles. The summed E-state index contributed by atoms with van der Waals surface area (Å²) in [6.07, 6.45) is 0. The zero-order valence-corrected chi connectivity index (χ0v) is 13.2. The fraction of sp³-hybridized carbons (Fsp3) is 0. The van der Waals surface area contributed by atoms with Gasteiger partial charge in [0.15, 0.2) is 11.6 Å². The second-order valence-corrected chi connectivity index (χ2v) is 6.87. The molecule has 2 aromatic carbocycles. The summed E-state index contributed by atoms with van der Waals surface area (Å²) in [6, 6.07) is 4.38. The summed E-state index contributed by atoms with van der Waals surface area (Å²) in [5.74, 6) is -3.87. The monoisotopic (exact) mass is 399 g/mol. The molecule has 0 aliphatic heterocycles. The van der Waals surface area contributed by atoms with Crippen LogP contribution in [0.4, 0.5) is 18.9 Å². The lowest BCUT2D eigenvalue weighted by molar-refractivity contribution is 0.547. The predicted octanol–water partition coefficient (Wildman–Crippen LogP) is 4.32. The third kappa shape index (κ3) is 3.50. The van der Waals surface area contributed by atoms with E-state index in [4.69, 9.17) is 11.6 Å². The second-order valence-electron chi connectivity index (χ2n) is 3.93. The minimum absolute atomic E-state index is 0.262. The average molecular weight is 401 g/mol. The standard InChI is InChI=1S/C12H6BrClF3NO2S/c13-8-5-7(1-2-9(8)14)21(19,20)18-12-10(16)3-6(15)4-11(12)17/h1-5,18H. The van der Waals surface area contributed by atoms with Gasteiger partial charge in [-0.15, -0.1) is 0 Å². The van der Waals surface area contributed by atoms with Crippen molar-refractivity contribution < 1.29 is 21.6 Å². The topological polar surface area (TPSA) is 46.2 Å². The number of nitrogens with one attached hydrogen (secondary N) is 1. The molecule has 21 heavy (non-hydrogen) atoms. The van der Waals surface area contributed by atoms with E-state index in [9.17, 15) is 21.6 Å². The Bertz CT molecular complexity index is 791. The van der Waals surface area contributed by atoms with E-state index in [1.54, 1.807) is 4.72 Å². The molecule has 0 amide bonds. The summed E-state index contributed by atoms with van der Waals surface area (Å²) in [7, 11) is -4.25. The van der Waals surface area contributed by atoms with Crippen LogP contribution in [0.3, 0.4) is 0 Å². The van der Waals surface area contributed by atoms with Crippen LogP contribution in [0, 0.1) is 17.5 Å². The summed E-state index contributed by atoms with van der Waals surface area (Å²) in [6.45, 7) is 0. The predicted molar refractivity (Wildman–Crippen MR) is 76.3 cm³/mol. The van der Waals surface area contributed by atoms with Gasteiger partial charge in [0.25, 0.3) is 10.0 Å².